The summed E-state index contributed by atoms with van der Waals surface area (Å²) in [5, 5.41) is 4.04. The van der Waals surface area contributed by atoms with Crippen molar-refractivity contribution in [3.05, 3.63) is 22.7 Å². The van der Waals surface area contributed by atoms with Crippen LogP contribution in [-0.4, -0.2) is 31.4 Å². The zero-order valence-corrected chi connectivity index (χ0v) is 12.9. The maximum atomic E-state index is 10.8. The van der Waals surface area contributed by atoms with Crippen molar-refractivity contribution < 1.29 is 14.3 Å². The number of amides is 1. The molecule has 1 saturated heterocycles. The molecular formula is C13H17ClN2O3S. The van der Waals surface area contributed by atoms with Crippen LogP contribution in [-0.2, 0) is 4.79 Å². The average molecular weight is 317 g/mol. The highest BCUT2D eigenvalue weighted by atomic mass is 35.5. The predicted molar refractivity (Wildman–Crippen MR) is 80.5 cm³/mol. The van der Waals surface area contributed by atoms with E-state index in [1.54, 1.807) is 0 Å². The van der Waals surface area contributed by atoms with Gasteiger partial charge in [-0.05, 0) is 24.6 Å². The van der Waals surface area contributed by atoms with Gasteiger partial charge in [0.1, 0.15) is 0 Å². The lowest BCUT2D eigenvalue weighted by Crippen LogP contribution is -2.22. The number of hydrogen-bond donors (Lipinski definition) is 2. The number of carbonyl (C=O) groups excluding carboxylic acids is 1. The van der Waals surface area contributed by atoms with E-state index in [9.17, 15) is 4.79 Å². The van der Waals surface area contributed by atoms with E-state index in [-0.39, 0.29) is 12.0 Å². The van der Waals surface area contributed by atoms with Gasteiger partial charge in [0.2, 0.25) is 0 Å². The zero-order valence-electron chi connectivity index (χ0n) is 11.3. The Morgan fingerprint density at radius 3 is 2.90 bits per heavy atom. The Hall–Kier alpha value is -1.11. The molecular weight excluding hydrogens is 300 g/mol. The van der Waals surface area contributed by atoms with Gasteiger partial charge in [-0.15, -0.1) is 11.8 Å². The average Bonchev–Trinajstić information content (AvgIpc) is 2.83. The molecule has 0 aromatic heterocycles. The Morgan fingerprint density at radius 1 is 1.60 bits per heavy atom. The topological polar surface area (TPSA) is 73.6 Å². The van der Waals surface area contributed by atoms with Crippen LogP contribution in [0.4, 0.5) is 0 Å². The van der Waals surface area contributed by atoms with E-state index in [1.165, 1.54) is 7.11 Å². The normalized spacial score (nSPS) is 21.8. The number of benzene rings is 1. The van der Waals surface area contributed by atoms with Gasteiger partial charge >= 0.3 is 0 Å². The van der Waals surface area contributed by atoms with Gasteiger partial charge in [0, 0.05) is 11.8 Å². The molecule has 2 rings (SSSR count). The second-order valence-corrected chi connectivity index (χ2v) is 6.12. The van der Waals surface area contributed by atoms with Crippen molar-refractivity contribution in [3.63, 3.8) is 0 Å². The number of primary amides is 1. The van der Waals surface area contributed by atoms with Crippen molar-refractivity contribution in [2.45, 2.75) is 18.3 Å². The van der Waals surface area contributed by atoms with Crippen LogP contribution in [0, 0.1) is 0 Å². The van der Waals surface area contributed by atoms with Crippen LogP contribution in [0.5, 0.6) is 11.5 Å². The highest BCUT2D eigenvalue weighted by Gasteiger charge is 2.24. The van der Waals surface area contributed by atoms with Crippen LogP contribution in [0.15, 0.2) is 12.1 Å². The van der Waals surface area contributed by atoms with Gasteiger partial charge < -0.3 is 15.2 Å². The lowest BCUT2D eigenvalue weighted by Gasteiger charge is -2.16. The molecule has 3 N–H and O–H groups in total. The van der Waals surface area contributed by atoms with Crippen LogP contribution >= 0.6 is 23.4 Å². The summed E-state index contributed by atoms with van der Waals surface area (Å²) in [6.07, 6.45) is 0. The molecule has 0 bridgehead atoms. The molecule has 0 saturated carbocycles. The monoisotopic (exact) mass is 316 g/mol. The second kappa shape index (κ2) is 6.56. The first-order valence-electron chi connectivity index (χ1n) is 6.17. The number of nitrogens with one attached hydrogen (secondary N) is 1. The largest absolute Gasteiger partial charge is 0.493 e. The Bertz CT molecular complexity index is 513. The van der Waals surface area contributed by atoms with Gasteiger partial charge in [-0.25, -0.2) is 0 Å². The first-order valence-corrected chi connectivity index (χ1v) is 7.60. The maximum absolute atomic E-state index is 10.8. The number of rotatable bonds is 5. The molecule has 7 heteroatoms. The fourth-order valence-electron chi connectivity index (χ4n) is 1.96. The Morgan fingerprint density at radius 2 is 2.35 bits per heavy atom. The van der Waals surface area contributed by atoms with Crippen molar-refractivity contribution >= 4 is 29.3 Å². The van der Waals surface area contributed by atoms with Gasteiger partial charge in [-0.2, -0.15) is 0 Å². The zero-order chi connectivity index (χ0) is 14.7. The number of thioether (sulfide) groups is 1. The summed E-state index contributed by atoms with van der Waals surface area (Å²) < 4.78 is 10.6. The molecule has 5 nitrogen and oxygen atoms in total. The summed E-state index contributed by atoms with van der Waals surface area (Å²) in [5.41, 5.74) is 6.09. The molecule has 2 unspecified atom stereocenters. The summed E-state index contributed by atoms with van der Waals surface area (Å²) in [6, 6.07) is 4.15. The summed E-state index contributed by atoms with van der Waals surface area (Å²) in [7, 11) is 1.53. The summed E-state index contributed by atoms with van der Waals surface area (Å²) >= 11 is 8.03. The number of methoxy groups -OCH3 is 1. The van der Waals surface area contributed by atoms with Gasteiger partial charge in [-0.1, -0.05) is 11.6 Å². The number of halogens is 1. The van der Waals surface area contributed by atoms with E-state index >= 15 is 0 Å². The number of carbonyl (C=O) groups is 1. The maximum Gasteiger partial charge on any atom is 0.255 e. The van der Waals surface area contributed by atoms with Crippen LogP contribution in [0.3, 0.4) is 0 Å². The molecule has 2 atom stereocenters. The fourth-order valence-corrected chi connectivity index (χ4v) is 3.47. The van der Waals surface area contributed by atoms with E-state index < -0.39 is 5.91 Å². The molecule has 1 aromatic rings. The third-order valence-electron chi connectivity index (χ3n) is 2.86. The molecule has 1 fully saturated rings. The Balaban J connectivity index is 2.25. The smallest absolute Gasteiger partial charge is 0.255 e. The second-order valence-electron chi connectivity index (χ2n) is 4.57. The van der Waals surface area contributed by atoms with Crippen molar-refractivity contribution in [3.8, 4) is 11.5 Å². The molecule has 1 amide bonds. The van der Waals surface area contributed by atoms with Gasteiger partial charge in [-0.3, -0.25) is 10.1 Å². The molecule has 1 aliphatic rings. The minimum atomic E-state index is -0.561. The molecule has 1 aromatic carbocycles. The SMILES string of the molecule is COc1cc(C2NC(C)CS2)cc(Cl)c1OCC(N)=O. The number of ether oxygens (including phenoxy) is 2. The van der Waals surface area contributed by atoms with Crippen molar-refractivity contribution in [2.24, 2.45) is 5.73 Å². The molecule has 1 heterocycles. The van der Waals surface area contributed by atoms with Crippen LogP contribution < -0.4 is 20.5 Å². The van der Waals surface area contributed by atoms with E-state index in [4.69, 9.17) is 26.8 Å². The van der Waals surface area contributed by atoms with Gasteiger partial charge in [0.15, 0.2) is 18.1 Å². The van der Waals surface area contributed by atoms with E-state index in [0.717, 1.165) is 11.3 Å². The predicted octanol–water partition coefficient (Wildman–Crippen LogP) is 1.94. The van der Waals surface area contributed by atoms with Crippen LogP contribution in [0.1, 0.15) is 17.9 Å². The minimum absolute atomic E-state index is 0.182. The third kappa shape index (κ3) is 3.50. The Labute approximate surface area is 127 Å². The highest BCUT2D eigenvalue weighted by molar-refractivity contribution is 7.99. The molecule has 1 aliphatic heterocycles. The van der Waals surface area contributed by atoms with E-state index in [0.29, 0.717) is 22.6 Å². The van der Waals surface area contributed by atoms with Crippen molar-refractivity contribution in [1.82, 2.24) is 5.32 Å². The Kier molecular flexibility index (Phi) is 5.01. The minimum Gasteiger partial charge on any atom is -0.493 e. The number of hydrogen-bond acceptors (Lipinski definition) is 5. The first kappa shape index (κ1) is 15.3. The lowest BCUT2D eigenvalue weighted by atomic mass is 10.2. The van der Waals surface area contributed by atoms with Crippen molar-refractivity contribution in [1.29, 1.82) is 0 Å². The standard InChI is InChI=1S/C13H17ClN2O3S/c1-7-6-20-13(16-7)8-3-9(14)12(10(4-8)18-2)19-5-11(15)17/h3-4,7,13,16H,5-6H2,1-2H3,(H2,15,17). The fraction of sp³-hybridized carbons (Fsp3) is 0.462. The lowest BCUT2D eigenvalue weighted by molar-refractivity contribution is -0.119. The van der Waals surface area contributed by atoms with Gasteiger partial charge in [0.25, 0.3) is 5.91 Å². The summed E-state index contributed by atoms with van der Waals surface area (Å²) in [5.74, 6) is 1.32. The van der Waals surface area contributed by atoms with Crippen LogP contribution in [0.25, 0.3) is 0 Å². The molecule has 0 spiro atoms. The van der Waals surface area contributed by atoms with Crippen LogP contribution in [0.2, 0.25) is 5.02 Å². The van der Waals surface area contributed by atoms with Crippen molar-refractivity contribution in [2.75, 3.05) is 19.5 Å². The molecule has 0 aliphatic carbocycles. The van der Waals surface area contributed by atoms with E-state index in [1.807, 2.05) is 23.9 Å². The number of nitrogens with two attached hydrogens (primary N) is 1. The summed E-state index contributed by atoms with van der Waals surface area (Å²) in [6.45, 7) is 1.90. The third-order valence-corrected chi connectivity index (χ3v) is 4.58. The quantitative estimate of drug-likeness (QED) is 0.868. The highest BCUT2D eigenvalue weighted by Crippen LogP contribution is 2.41. The molecule has 110 valence electrons. The van der Waals surface area contributed by atoms with E-state index in [2.05, 4.69) is 12.2 Å². The summed E-state index contributed by atoms with van der Waals surface area (Å²) in [4.78, 5) is 10.8. The molecule has 0 radical (unpaired) electrons. The first-order chi connectivity index (χ1) is 9.51. The molecule has 20 heavy (non-hydrogen) atoms. The van der Waals surface area contributed by atoms with Gasteiger partial charge in [0.05, 0.1) is 17.5 Å².